The topological polar surface area (TPSA) is 147 Å². The molecule has 0 bridgehead atoms. The first-order valence-corrected chi connectivity index (χ1v) is 14.4. The number of aliphatic hydroxyl groups excluding tert-OH is 2. The van der Waals surface area contributed by atoms with Gasteiger partial charge in [-0.15, -0.1) is 0 Å². The number of nitrogens with one attached hydrogen (secondary N) is 1. The summed E-state index contributed by atoms with van der Waals surface area (Å²) in [6.45, 7) is 3.66. The van der Waals surface area contributed by atoms with Crippen molar-refractivity contribution in [2.24, 2.45) is 11.8 Å². The number of halogens is 3. The Labute approximate surface area is 239 Å². The number of aromatic hydroxyl groups is 1. The van der Waals surface area contributed by atoms with E-state index in [1.165, 1.54) is 0 Å². The monoisotopic (exact) mass is 590 g/mol. The molecular formula is C30H33F3N2O7. The number of likely N-dealkylation sites (N-methyl/N-ethyl adjacent to an activating group) is 1. The summed E-state index contributed by atoms with van der Waals surface area (Å²) in [6.07, 6.45) is -2.90. The van der Waals surface area contributed by atoms with E-state index >= 15 is 0 Å². The van der Waals surface area contributed by atoms with Crippen LogP contribution < -0.4 is 5.32 Å². The fraction of sp³-hybridized carbons (Fsp3) is 0.567. The van der Waals surface area contributed by atoms with E-state index < -0.39 is 99.0 Å². The lowest BCUT2D eigenvalue weighted by atomic mass is 9.57. The van der Waals surface area contributed by atoms with Crippen LogP contribution in [0, 0.1) is 11.8 Å². The summed E-state index contributed by atoms with van der Waals surface area (Å²) in [5.74, 6) is -7.77. The number of carbonyl (C=O) groups excluding carboxylic acids is 3. The lowest BCUT2D eigenvalue weighted by molar-refractivity contribution is -0.155. The number of fused-ring (bicyclic) bond motifs is 3. The molecule has 1 heterocycles. The molecule has 1 saturated heterocycles. The number of rotatable bonds is 5. The lowest BCUT2D eigenvalue weighted by Gasteiger charge is -2.51. The van der Waals surface area contributed by atoms with Crippen LogP contribution in [-0.2, 0) is 27.0 Å². The maximum Gasteiger partial charge on any atom is 0.417 e. The third-order valence-corrected chi connectivity index (χ3v) is 9.76. The van der Waals surface area contributed by atoms with Crippen molar-refractivity contribution in [3.05, 3.63) is 45.2 Å². The number of carbonyl (C=O) groups is 3. The fourth-order valence-electron chi connectivity index (χ4n) is 7.88. The molecule has 2 saturated carbocycles. The summed E-state index contributed by atoms with van der Waals surface area (Å²) in [6, 6.07) is -0.931. The third kappa shape index (κ3) is 3.98. The van der Waals surface area contributed by atoms with Gasteiger partial charge in [0.1, 0.15) is 22.8 Å². The molecule has 4 aliphatic carbocycles. The maximum atomic E-state index is 14.7. The smallest absolute Gasteiger partial charge is 0.417 e. The summed E-state index contributed by atoms with van der Waals surface area (Å²) >= 11 is 0. The van der Waals surface area contributed by atoms with E-state index in [0.29, 0.717) is 25.9 Å². The van der Waals surface area contributed by atoms with Gasteiger partial charge in [0.05, 0.1) is 17.2 Å². The Hall–Kier alpha value is -3.22. The van der Waals surface area contributed by atoms with Crippen LogP contribution in [0.1, 0.15) is 74.2 Å². The first kappa shape index (κ1) is 28.9. The zero-order valence-electron chi connectivity index (χ0n) is 23.2. The fourth-order valence-corrected chi connectivity index (χ4v) is 7.88. The molecule has 5 atom stereocenters. The van der Waals surface area contributed by atoms with Gasteiger partial charge in [0.15, 0.2) is 17.2 Å². The van der Waals surface area contributed by atoms with Crippen LogP contribution >= 0.6 is 0 Å². The van der Waals surface area contributed by atoms with Gasteiger partial charge < -0.3 is 25.7 Å². The highest BCUT2D eigenvalue weighted by Crippen LogP contribution is 2.55. The van der Waals surface area contributed by atoms with E-state index in [0.717, 1.165) is 25.8 Å². The SMILES string of the molecule is CCN(C1CC1)[C@@H]1C(=O)C(C(C)=O)=C(O)[C@@]2(O)C(=O)C3=C(O)c4c(O)cc(C5CCCN5)c(C(F)(F)F)c4C[C@H]3C[C@@H]12. The highest BCUT2D eigenvalue weighted by Gasteiger charge is 2.65. The Morgan fingerprint density at radius 2 is 1.86 bits per heavy atom. The summed E-state index contributed by atoms with van der Waals surface area (Å²) in [5, 5.41) is 48.4. The predicted molar refractivity (Wildman–Crippen MR) is 142 cm³/mol. The number of phenolic OH excluding ortho intramolecular Hbond substituents is 1. The number of alkyl halides is 3. The lowest BCUT2D eigenvalue weighted by Crippen LogP contribution is -2.66. The number of phenols is 1. The van der Waals surface area contributed by atoms with E-state index in [2.05, 4.69) is 5.32 Å². The molecule has 1 aliphatic heterocycles. The molecule has 42 heavy (non-hydrogen) atoms. The summed E-state index contributed by atoms with van der Waals surface area (Å²) < 4.78 is 44.0. The van der Waals surface area contributed by atoms with E-state index in [1.807, 2.05) is 0 Å². The van der Waals surface area contributed by atoms with Crippen LogP contribution in [0.25, 0.3) is 5.76 Å². The molecule has 12 heteroatoms. The molecule has 0 radical (unpaired) electrons. The van der Waals surface area contributed by atoms with Crippen molar-refractivity contribution in [2.45, 2.75) is 82.3 Å². The molecule has 1 unspecified atom stereocenters. The normalized spacial score (nSPS) is 31.4. The van der Waals surface area contributed by atoms with E-state index in [4.69, 9.17) is 0 Å². The Kier molecular flexibility index (Phi) is 6.63. The van der Waals surface area contributed by atoms with E-state index in [9.17, 15) is 48.0 Å². The minimum absolute atomic E-state index is 0.0515. The van der Waals surface area contributed by atoms with Crippen molar-refractivity contribution in [3.8, 4) is 5.75 Å². The Bertz CT molecular complexity index is 1470. The van der Waals surface area contributed by atoms with Gasteiger partial charge in [0, 0.05) is 23.6 Å². The summed E-state index contributed by atoms with van der Waals surface area (Å²) in [5.41, 5.74) is -5.93. The molecule has 1 aromatic rings. The Morgan fingerprint density at radius 1 is 1.17 bits per heavy atom. The number of nitrogens with zero attached hydrogens (tertiary/aromatic N) is 1. The second-order valence-electron chi connectivity index (χ2n) is 12.1. The van der Waals surface area contributed by atoms with Crippen molar-refractivity contribution in [2.75, 3.05) is 13.1 Å². The molecule has 1 aromatic carbocycles. The van der Waals surface area contributed by atoms with Crippen molar-refractivity contribution < 1.29 is 48.0 Å². The first-order chi connectivity index (χ1) is 19.7. The average Bonchev–Trinajstić information content (AvgIpc) is 3.58. The number of benzene rings is 1. The standard InChI is InChI=1S/C30H33F3N2O7/c1-3-35(14-6-7-14)24-17-10-13-9-16-22(19(37)11-15(18-5-4-8-34-18)23(16)30(31,32)33)25(38)21(13)28(41)29(17,42)27(40)20(12(2)36)26(24)39/h11,13-14,17-18,24,34,37-38,40,42H,3-10H2,1-2H3/t13-,17-,18?,24-,29+/m0/s1. The summed E-state index contributed by atoms with van der Waals surface area (Å²) in [7, 11) is 0. The van der Waals surface area contributed by atoms with Gasteiger partial charge in [0.25, 0.3) is 0 Å². The van der Waals surface area contributed by atoms with Crippen LogP contribution in [0.2, 0.25) is 0 Å². The number of hydrogen-bond acceptors (Lipinski definition) is 9. The molecule has 3 fully saturated rings. The van der Waals surface area contributed by atoms with Crippen LogP contribution in [0.4, 0.5) is 13.2 Å². The molecule has 226 valence electrons. The zero-order valence-corrected chi connectivity index (χ0v) is 23.2. The largest absolute Gasteiger partial charge is 0.508 e. The zero-order chi connectivity index (χ0) is 30.5. The highest BCUT2D eigenvalue weighted by molar-refractivity contribution is 6.25. The summed E-state index contributed by atoms with van der Waals surface area (Å²) in [4.78, 5) is 42.1. The molecule has 5 N–H and O–H groups in total. The predicted octanol–water partition coefficient (Wildman–Crippen LogP) is 3.43. The minimum Gasteiger partial charge on any atom is -0.508 e. The van der Waals surface area contributed by atoms with Crippen LogP contribution in [0.5, 0.6) is 5.75 Å². The van der Waals surface area contributed by atoms with Crippen LogP contribution in [-0.4, -0.2) is 73.4 Å². The first-order valence-electron chi connectivity index (χ1n) is 14.4. The highest BCUT2D eigenvalue weighted by atomic mass is 19.4. The molecule has 0 spiro atoms. The Balaban J connectivity index is 1.57. The van der Waals surface area contributed by atoms with E-state index in [-0.39, 0.29) is 23.6 Å². The minimum atomic E-state index is -4.85. The maximum absolute atomic E-state index is 14.7. The van der Waals surface area contributed by atoms with Gasteiger partial charge in [-0.1, -0.05) is 6.92 Å². The molecule has 5 aliphatic rings. The molecule has 6 rings (SSSR count). The van der Waals surface area contributed by atoms with Gasteiger partial charge in [-0.25, -0.2) is 0 Å². The quantitative estimate of drug-likeness (QED) is 0.326. The van der Waals surface area contributed by atoms with Gasteiger partial charge in [0.2, 0.25) is 5.78 Å². The second kappa shape index (κ2) is 9.65. The second-order valence-corrected chi connectivity index (χ2v) is 12.1. The molecule has 0 amide bonds. The van der Waals surface area contributed by atoms with Crippen molar-refractivity contribution >= 4 is 23.1 Å². The number of hydrogen-bond donors (Lipinski definition) is 5. The number of ketones is 3. The number of aliphatic hydroxyl groups is 3. The van der Waals surface area contributed by atoms with Crippen molar-refractivity contribution in [1.82, 2.24) is 10.2 Å². The van der Waals surface area contributed by atoms with E-state index in [1.54, 1.807) is 11.8 Å². The molecule has 0 aromatic heterocycles. The van der Waals surface area contributed by atoms with Crippen molar-refractivity contribution in [3.63, 3.8) is 0 Å². The molecular weight excluding hydrogens is 557 g/mol. The van der Waals surface area contributed by atoms with Gasteiger partial charge in [-0.2, -0.15) is 13.2 Å². The third-order valence-electron chi connectivity index (χ3n) is 9.76. The molecule has 9 nitrogen and oxygen atoms in total. The van der Waals surface area contributed by atoms with Gasteiger partial charge in [-0.05, 0) is 81.6 Å². The van der Waals surface area contributed by atoms with Crippen LogP contribution in [0.3, 0.4) is 0 Å². The van der Waals surface area contributed by atoms with Gasteiger partial charge >= 0.3 is 6.18 Å². The van der Waals surface area contributed by atoms with Crippen molar-refractivity contribution in [1.29, 1.82) is 0 Å². The van der Waals surface area contributed by atoms with Gasteiger partial charge in [-0.3, -0.25) is 19.3 Å². The number of Topliss-reactive ketones (excluding diaryl/α,β-unsaturated/α-hetero) is 3. The van der Waals surface area contributed by atoms with Crippen LogP contribution in [0.15, 0.2) is 23.0 Å². The average molecular weight is 591 g/mol. The Morgan fingerprint density at radius 3 is 2.40 bits per heavy atom.